The van der Waals surface area contributed by atoms with E-state index in [2.05, 4.69) is 9.97 Å². The third-order valence-electron chi connectivity index (χ3n) is 3.08. The lowest BCUT2D eigenvalue weighted by molar-refractivity contribution is -0.136. The molecule has 0 unspecified atom stereocenters. The van der Waals surface area contributed by atoms with E-state index in [1.807, 2.05) is 6.92 Å². The van der Waals surface area contributed by atoms with Crippen molar-refractivity contribution in [2.24, 2.45) is 7.05 Å². The van der Waals surface area contributed by atoms with Crippen molar-refractivity contribution >= 4 is 17.1 Å². The highest BCUT2D eigenvalue weighted by Gasteiger charge is 2.16. The molecule has 108 valence electrons. The van der Waals surface area contributed by atoms with Crippen molar-refractivity contribution in [2.45, 2.75) is 32.7 Å². The summed E-state index contributed by atoms with van der Waals surface area (Å²) in [6, 6.07) is 0. The van der Waals surface area contributed by atoms with Gasteiger partial charge in [0.05, 0.1) is 0 Å². The fourth-order valence-corrected chi connectivity index (χ4v) is 2.03. The van der Waals surface area contributed by atoms with Crippen LogP contribution in [0.1, 0.15) is 25.6 Å². The van der Waals surface area contributed by atoms with Gasteiger partial charge >= 0.3 is 11.7 Å². The normalized spacial score (nSPS) is 11.1. The minimum absolute atomic E-state index is 0.166. The van der Waals surface area contributed by atoms with E-state index in [1.54, 1.807) is 0 Å². The van der Waals surface area contributed by atoms with Crippen molar-refractivity contribution in [1.29, 1.82) is 0 Å². The SMILES string of the molecule is CCCCn1c(=O)n(C)c(=O)c2[nH]c(CC(=O)O)nc21. The molecule has 8 heteroatoms. The van der Waals surface area contributed by atoms with Crippen LogP contribution in [-0.4, -0.2) is 30.2 Å². The molecule has 0 aliphatic rings. The fourth-order valence-electron chi connectivity index (χ4n) is 2.03. The zero-order valence-corrected chi connectivity index (χ0v) is 11.3. The summed E-state index contributed by atoms with van der Waals surface area (Å²) in [7, 11) is 1.39. The Morgan fingerprint density at radius 2 is 2.10 bits per heavy atom. The first-order valence-corrected chi connectivity index (χ1v) is 6.36. The number of rotatable bonds is 5. The highest BCUT2D eigenvalue weighted by Crippen LogP contribution is 2.07. The van der Waals surface area contributed by atoms with Crippen LogP contribution in [0.15, 0.2) is 9.59 Å². The number of carboxylic acids is 1. The molecule has 20 heavy (non-hydrogen) atoms. The number of H-pyrrole nitrogens is 1. The average Bonchev–Trinajstić information content (AvgIpc) is 2.79. The maximum atomic E-state index is 12.1. The van der Waals surface area contributed by atoms with Gasteiger partial charge in [0, 0.05) is 13.6 Å². The van der Waals surface area contributed by atoms with E-state index >= 15 is 0 Å². The number of nitrogens with one attached hydrogen (secondary N) is 1. The molecule has 0 atom stereocenters. The first-order valence-electron chi connectivity index (χ1n) is 6.36. The molecule has 2 aromatic heterocycles. The highest BCUT2D eigenvalue weighted by atomic mass is 16.4. The molecule has 0 saturated heterocycles. The smallest absolute Gasteiger partial charge is 0.332 e. The summed E-state index contributed by atoms with van der Waals surface area (Å²) in [5, 5.41) is 8.77. The standard InChI is InChI=1S/C12H16N4O4/c1-3-4-5-16-10-9(11(19)15(2)12(16)20)13-7(14-10)6-8(17)18/h3-6H2,1-2H3,(H,13,14)(H,17,18). The van der Waals surface area contributed by atoms with E-state index < -0.39 is 17.2 Å². The number of unbranched alkanes of at least 4 members (excludes halogenated alkanes) is 1. The van der Waals surface area contributed by atoms with Gasteiger partial charge in [-0.05, 0) is 6.42 Å². The van der Waals surface area contributed by atoms with Gasteiger partial charge in [-0.3, -0.25) is 18.7 Å². The van der Waals surface area contributed by atoms with Gasteiger partial charge in [0.15, 0.2) is 5.65 Å². The molecule has 0 amide bonds. The van der Waals surface area contributed by atoms with E-state index in [0.717, 1.165) is 17.4 Å². The molecule has 0 bridgehead atoms. The van der Waals surface area contributed by atoms with E-state index in [4.69, 9.17) is 5.11 Å². The third kappa shape index (κ3) is 2.36. The number of nitrogens with zero attached hydrogens (tertiary/aromatic N) is 3. The number of imidazole rings is 1. The fraction of sp³-hybridized carbons (Fsp3) is 0.500. The number of hydrogen-bond donors (Lipinski definition) is 2. The van der Waals surface area contributed by atoms with Crippen molar-refractivity contribution in [3.05, 3.63) is 26.7 Å². The molecule has 2 aromatic rings. The predicted octanol–water partition coefficient (Wildman–Crippen LogP) is -0.149. The van der Waals surface area contributed by atoms with Crippen molar-refractivity contribution in [3.63, 3.8) is 0 Å². The predicted molar refractivity (Wildman–Crippen MR) is 71.8 cm³/mol. The number of aryl methyl sites for hydroxylation is 1. The van der Waals surface area contributed by atoms with Gasteiger partial charge in [-0.2, -0.15) is 0 Å². The third-order valence-corrected chi connectivity index (χ3v) is 3.08. The monoisotopic (exact) mass is 280 g/mol. The van der Waals surface area contributed by atoms with Gasteiger partial charge in [-0.15, -0.1) is 0 Å². The lowest BCUT2D eigenvalue weighted by Gasteiger charge is -2.07. The second-order valence-electron chi connectivity index (χ2n) is 4.60. The largest absolute Gasteiger partial charge is 0.481 e. The zero-order chi connectivity index (χ0) is 14.9. The summed E-state index contributed by atoms with van der Waals surface area (Å²) < 4.78 is 2.41. The summed E-state index contributed by atoms with van der Waals surface area (Å²) in [4.78, 5) is 41.6. The number of aliphatic carboxylic acids is 1. The van der Waals surface area contributed by atoms with Crippen LogP contribution in [0.3, 0.4) is 0 Å². The van der Waals surface area contributed by atoms with Gasteiger partial charge in [0.2, 0.25) is 0 Å². The maximum Gasteiger partial charge on any atom is 0.332 e. The lowest BCUT2D eigenvalue weighted by Crippen LogP contribution is -2.38. The number of hydrogen-bond acceptors (Lipinski definition) is 4. The van der Waals surface area contributed by atoms with Gasteiger partial charge < -0.3 is 10.1 Å². The van der Waals surface area contributed by atoms with Gasteiger partial charge in [0.1, 0.15) is 17.8 Å². The molecule has 8 nitrogen and oxygen atoms in total. The molecule has 0 aliphatic heterocycles. The highest BCUT2D eigenvalue weighted by molar-refractivity contribution is 5.73. The van der Waals surface area contributed by atoms with Crippen LogP contribution in [0.5, 0.6) is 0 Å². The van der Waals surface area contributed by atoms with Crippen LogP contribution in [0, 0.1) is 0 Å². The molecule has 0 aromatic carbocycles. The molecule has 0 aliphatic carbocycles. The Labute approximate surface area is 113 Å². The molecule has 0 saturated carbocycles. The van der Waals surface area contributed by atoms with Gasteiger partial charge in [0.25, 0.3) is 5.56 Å². The Kier molecular flexibility index (Phi) is 3.73. The van der Waals surface area contributed by atoms with E-state index in [1.165, 1.54) is 11.6 Å². The molecular weight excluding hydrogens is 264 g/mol. The molecule has 0 spiro atoms. The summed E-state index contributed by atoms with van der Waals surface area (Å²) in [6.45, 7) is 2.43. The van der Waals surface area contributed by atoms with Crippen LogP contribution < -0.4 is 11.2 Å². The number of carboxylic acid groups (broad SMARTS) is 1. The van der Waals surface area contributed by atoms with Crippen molar-refractivity contribution < 1.29 is 9.90 Å². The molecule has 0 radical (unpaired) electrons. The summed E-state index contributed by atoms with van der Waals surface area (Å²) in [5.74, 6) is -0.885. The molecule has 2 rings (SSSR count). The molecule has 0 fully saturated rings. The minimum atomic E-state index is -1.05. The van der Waals surface area contributed by atoms with E-state index in [9.17, 15) is 14.4 Å². The number of aromatic amines is 1. The Bertz CT molecular complexity index is 768. The van der Waals surface area contributed by atoms with Crippen LogP contribution in [0.4, 0.5) is 0 Å². The number of fused-ring (bicyclic) bond motifs is 1. The van der Waals surface area contributed by atoms with Crippen LogP contribution in [-0.2, 0) is 24.8 Å². The molecule has 2 heterocycles. The van der Waals surface area contributed by atoms with Crippen LogP contribution in [0.25, 0.3) is 11.2 Å². The summed E-state index contributed by atoms with van der Waals surface area (Å²) in [6.07, 6.45) is 1.34. The summed E-state index contributed by atoms with van der Waals surface area (Å²) >= 11 is 0. The second-order valence-corrected chi connectivity index (χ2v) is 4.60. The Balaban J connectivity index is 2.69. The van der Waals surface area contributed by atoms with E-state index in [-0.39, 0.29) is 23.4 Å². The quantitative estimate of drug-likeness (QED) is 0.791. The van der Waals surface area contributed by atoms with Crippen molar-refractivity contribution in [1.82, 2.24) is 19.1 Å². The molecule has 2 N–H and O–H groups in total. The minimum Gasteiger partial charge on any atom is -0.481 e. The zero-order valence-electron chi connectivity index (χ0n) is 11.3. The lowest BCUT2D eigenvalue weighted by atomic mass is 10.3. The Hall–Kier alpha value is -2.38. The maximum absolute atomic E-state index is 12.1. The number of carbonyl (C=O) groups is 1. The Morgan fingerprint density at radius 1 is 1.40 bits per heavy atom. The first-order chi connectivity index (χ1) is 9.45. The Morgan fingerprint density at radius 3 is 2.70 bits per heavy atom. The van der Waals surface area contributed by atoms with Crippen molar-refractivity contribution in [2.75, 3.05) is 0 Å². The van der Waals surface area contributed by atoms with Crippen LogP contribution >= 0.6 is 0 Å². The summed E-state index contributed by atoms with van der Waals surface area (Å²) in [5.41, 5.74) is -0.548. The van der Waals surface area contributed by atoms with Crippen molar-refractivity contribution in [3.8, 4) is 0 Å². The first kappa shape index (κ1) is 14.0. The number of aromatic nitrogens is 4. The average molecular weight is 280 g/mol. The topological polar surface area (TPSA) is 110 Å². The van der Waals surface area contributed by atoms with Gasteiger partial charge in [-0.1, -0.05) is 13.3 Å². The second kappa shape index (κ2) is 5.32. The van der Waals surface area contributed by atoms with E-state index in [0.29, 0.717) is 6.54 Å². The van der Waals surface area contributed by atoms with Crippen LogP contribution in [0.2, 0.25) is 0 Å². The van der Waals surface area contributed by atoms with Gasteiger partial charge in [-0.25, -0.2) is 9.78 Å². The molecular formula is C12H16N4O4.